The van der Waals surface area contributed by atoms with Crippen LogP contribution in [0.25, 0.3) is 11.4 Å². The molecule has 0 fully saturated rings. The second kappa shape index (κ2) is 7.96. The topological polar surface area (TPSA) is 79.6 Å². The maximum atomic E-state index is 13.1. The molecular weight excluding hydrogens is 393 g/mol. The van der Waals surface area contributed by atoms with E-state index in [2.05, 4.69) is 15.4 Å². The van der Waals surface area contributed by atoms with E-state index in [0.717, 1.165) is 17.0 Å². The largest absolute Gasteiger partial charge is 0.349 e. The average Bonchev–Trinajstić information content (AvgIpc) is 3.33. The number of halogens is 1. The van der Waals surface area contributed by atoms with Crippen LogP contribution in [0.15, 0.2) is 53.1 Å². The van der Waals surface area contributed by atoms with Gasteiger partial charge in [0, 0.05) is 31.5 Å². The van der Waals surface area contributed by atoms with E-state index >= 15 is 0 Å². The fraction of sp³-hybridized carbons (Fsp3) is 0.200. The molecule has 1 aliphatic heterocycles. The van der Waals surface area contributed by atoms with Gasteiger partial charge in [-0.1, -0.05) is 12.1 Å². The molecule has 0 aliphatic carbocycles. The van der Waals surface area contributed by atoms with Crippen molar-refractivity contribution >= 4 is 34.0 Å². The number of hydrazone groups is 1. The van der Waals surface area contributed by atoms with Gasteiger partial charge in [0.2, 0.25) is 5.91 Å². The van der Waals surface area contributed by atoms with Crippen molar-refractivity contribution in [2.45, 2.75) is 19.4 Å². The van der Waals surface area contributed by atoms with Crippen LogP contribution in [0.5, 0.6) is 0 Å². The number of aromatic nitrogens is 2. The number of benzene rings is 1. The Kier molecular flexibility index (Phi) is 5.22. The van der Waals surface area contributed by atoms with Gasteiger partial charge >= 0.3 is 0 Å². The van der Waals surface area contributed by atoms with Gasteiger partial charge < -0.3 is 4.57 Å². The first-order chi connectivity index (χ1) is 14.0. The Morgan fingerprint density at radius 2 is 2.03 bits per heavy atom. The molecule has 0 bridgehead atoms. The van der Waals surface area contributed by atoms with E-state index in [1.807, 2.05) is 35.3 Å². The van der Waals surface area contributed by atoms with Crippen LogP contribution in [0.1, 0.15) is 18.4 Å². The monoisotopic (exact) mass is 411 g/mol. The van der Waals surface area contributed by atoms with E-state index < -0.39 is 0 Å². The summed E-state index contributed by atoms with van der Waals surface area (Å²) >= 11 is 1.33. The summed E-state index contributed by atoms with van der Waals surface area (Å²) in [5, 5.41) is 10.6. The van der Waals surface area contributed by atoms with Gasteiger partial charge in [-0.15, -0.1) is 11.3 Å². The van der Waals surface area contributed by atoms with Crippen LogP contribution in [0.2, 0.25) is 0 Å². The number of carbonyl (C=O) groups excluding carboxylic acids is 2. The van der Waals surface area contributed by atoms with Crippen LogP contribution in [0.3, 0.4) is 0 Å². The molecule has 0 saturated carbocycles. The highest BCUT2D eigenvalue weighted by molar-refractivity contribution is 7.14. The zero-order chi connectivity index (χ0) is 20.4. The molecule has 1 N–H and O–H groups in total. The molecule has 1 aromatic carbocycles. The molecule has 0 saturated heterocycles. The smallest absolute Gasteiger partial charge is 0.273 e. The minimum atomic E-state index is -0.380. The van der Waals surface area contributed by atoms with Crippen molar-refractivity contribution in [3.05, 3.63) is 59.4 Å². The van der Waals surface area contributed by atoms with E-state index in [4.69, 9.17) is 0 Å². The number of rotatable bonds is 5. The summed E-state index contributed by atoms with van der Waals surface area (Å²) in [4.78, 5) is 29.2. The predicted octanol–water partition coefficient (Wildman–Crippen LogP) is 3.40. The second-order valence-electron chi connectivity index (χ2n) is 6.62. The third kappa shape index (κ3) is 4.24. The highest BCUT2D eigenvalue weighted by atomic mass is 32.1. The third-order valence-corrected chi connectivity index (χ3v) is 5.30. The first-order valence-electron chi connectivity index (χ1n) is 9.00. The Hall–Kier alpha value is -3.33. The van der Waals surface area contributed by atoms with E-state index in [1.54, 1.807) is 12.1 Å². The van der Waals surface area contributed by atoms with Gasteiger partial charge in [-0.05, 0) is 29.8 Å². The minimum absolute atomic E-state index is 0.175. The normalized spacial score (nSPS) is 14.1. The number of nitrogens with one attached hydrogen (secondary N) is 1. The molecule has 0 unspecified atom stereocenters. The number of thiazole rings is 1. The summed E-state index contributed by atoms with van der Waals surface area (Å²) in [6.45, 7) is 0.185. The molecule has 3 aromatic rings. The van der Waals surface area contributed by atoms with Gasteiger partial charge in [0.25, 0.3) is 5.91 Å². The van der Waals surface area contributed by atoms with Gasteiger partial charge in [0.1, 0.15) is 11.5 Å². The SMILES string of the molecule is Cn1cccc1-c1csc(NC(=O)C2=NN(Cc3ccc(F)cc3)C(=O)CC2)n1. The Bertz CT molecular complexity index is 1090. The summed E-state index contributed by atoms with van der Waals surface area (Å²) < 4.78 is 15.0. The zero-order valence-electron chi connectivity index (χ0n) is 15.6. The second-order valence-corrected chi connectivity index (χ2v) is 7.48. The summed E-state index contributed by atoms with van der Waals surface area (Å²) in [6, 6.07) is 9.71. The average molecular weight is 411 g/mol. The Morgan fingerprint density at radius 3 is 2.76 bits per heavy atom. The third-order valence-electron chi connectivity index (χ3n) is 4.54. The number of anilines is 1. The molecule has 2 amide bonds. The van der Waals surface area contributed by atoms with E-state index in [0.29, 0.717) is 5.13 Å². The van der Waals surface area contributed by atoms with Crippen LogP contribution >= 0.6 is 11.3 Å². The van der Waals surface area contributed by atoms with Crippen molar-refractivity contribution in [1.82, 2.24) is 14.6 Å². The fourth-order valence-corrected chi connectivity index (χ4v) is 3.70. The van der Waals surface area contributed by atoms with Crippen molar-refractivity contribution in [3.8, 4) is 11.4 Å². The zero-order valence-corrected chi connectivity index (χ0v) is 16.4. The lowest BCUT2D eigenvalue weighted by Crippen LogP contribution is -2.36. The molecule has 0 spiro atoms. The van der Waals surface area contributed by atoms with Crippen molar-refractivity contribution in [2.75, 3.05) is 5.32 Å². The van der Waals surface area contributed by atoms with Crippen molar-refractivity contribution in [2.24, 2.45) is 12.1 Å². The summed E-state index contributed by atoms with van der Waals surface area (Å²) in [6.07, 6.45) is 2.39. The molecule has 1 aliphatic rings. The fourth-order valence-electron chi connectivity index (χ4n) is 3.00. The predicted molar refractivity (Wildman–Crippen MR) is 109 cm³/mol. The van der Waals surface area contributed by atoms with Crippen LogP contribution in [-0.4, -0.2) is 32.1 Å². The molecule has 0 radical (unpaired) electrons. The van der Waals surface area contributed by atoms with Gasteiger partial charge in [0.15, 0.2) is 5.13 Å². The van der Waals surface area contributed by atoms with E-state index in [9.17, 15) is 14.0 Å². The maximum absolute atomic E-state index is 13.1. The lowest BCUT2D eigenvalue weighted by molar-refractivity contribution is -0.132. The Balaban J connectivity index is 1.46. The van der Waals surface area contributed by atoms with Crippen LogP contribution in [-0.2, 0) is 23.2 Å². The highest BCUT2D eigenvalue weighted by Crippen LogP contribution is 2.25. The first kappa shape index (κ1) is 19.0. The van der Waals surface area contributed by atoms with Crippen LogP contribution in [0, 0.1) is 5.82 Å². The van der Waals surface area contributed by atoms with Gasteiger partial charge in [-0.2, -0.15) is 5.10 Å². The number of amides is 2. The lowest BCUT2D eigenvalue weighted by atomic mass is 10.1. The molecule has 9 heteroatoms. The van der Waals surface area contributed by atoms with Gasteiger partial charge in [0.05, 0.1) is 17.9 Å². The lowest BCUT2D eigenvalue weighted by Gasteiger charge is -2.23. The Morgan fingerprint density at radius 1 is 1.24 bits per heavy atom. The van der Waals surface area contributed by atoms with E-state index in [1.165, 1.54) is 28.5 Å². The van der Waals surface area contributed by atoms with Crippen LogP contribution < -0.4 is 5.32 Å². The highest BCUT2D eigenvalue weighted by Gasteiger charge is 2.25. The minimum Gasteiger partial charge on any atom is -0.349 e. The quantitative estimate of drug-likeness (QED) is 0.699. The number of aryl methyl sites for hydroxylation is 1. The molecule has 148 valence electrons. The summed E-state index contributed by atoms with van der Waals surface area (Å²) in [7, 11) is 1.93. The molecule has 2 aromatic heterocycles. The number of nitrogens with zero attached hydrogens (tertiary/aromatic N) is 4. The molecule has 29 heavy (non-hydrogen) atoms. The molecule has 4 rings (SSSR count). The molecular formula is C20H18FN5O2S. The number of hydrogen-bond donors (Lipinski definition) is 1. The van der Waals surface area contributed by atoms with Crippen molar-refractivity contribution in [3.63, 3.8) is 0 Å². The number of hydrogen-bond acceptors (Lipinski definition) is 5. The first-order valence-corrected chi connectivity index (χ1v) is 9.88. The standard InChI is InChI=1S/C20H18FN5O2S/c1-25-10-2-3-17(25)16-12-29-20(22-16)23-19(28)15-8-9-18(27)26(24-15)11-13-4-6-14(21)7-5-13/h2-7,10,12H,8-9,11H2,1H3,(H,22,23,28). The van der Waals surface area contributed by atoms with Crippen molar-refractivity contribution in [1.29, 1.82) is 0 Å². The van der Waals surface area contributed by atoms with Gasteiger partial charge in [-0.3, -0.25) is 14.9 Å². The summed E-state index contributed by atoms with van der Waals surface area (Å²) in [5.74, 6) is -0.902. The van der Waals surface area contributed by atoms with E-state index in [-0.39, 0.29) is 42.7 Å². The van der Waals surface area contributed by atoms with Crippen LogP contribution in [0.4, 0.5) is 9.52 Å². The maximum Gasteiger partial charge on any atom is 0.273 e. The number of carbonyl (C=O) groups is 2. The summed E-state index contributed by atoms with van der Waals surface area (Å²) in [5.41, 5.74) is 2.73. The Labute approximate surface area is 170 Å². The van der Waals surface area contributed by atoms with Gasteiger partial charge in [-0.25, -0.2) is 14.4 Å². The molecule has 0 atom stereocenters. The molecule has 7 nitrogen and oxygen atoms in total. The molecule has 3 heterocycles. The van der Waals surface area contributed by atoms with Crippen molar-refractivity contribution < 1.29 is 14.0 Å².